The van der Waals surface area contributed by atoms with Crippen LogP contribution in [0.3, 0.4) is 0 Å². The van der Waals surface area contributed by atoms with Crippen LogP contribution in [0.5, 0.6) is 0 Å². The number of nitrogens with zero attached hydrogens (tertiary/aromatic N) is 3. The molecular weight excluding hydrogens is 320 g/mol. The van der Waals surface area contributed by atoms with Crippen molar-refractivity contribution in [2.45, 2.75) is 31.3 Å². The van der Waals surface area contributed by atoms with Crippen molar-refractivity contribution in [3.8, 4) is 0 Å². The fourth-order valence-electron chi connectivity index (χ4n) is 2.06. The zero-order chi connectivity index (χ0) is 15.7. The van der Waals surface area contributed by atoms with Crippen LogP contribution in [0.25, 0.3) is 10.1 Å². The van der Waals surface area contributed by atoms with E-state index in [9.17, 15) is 8.42 Å². The van der Waals surface area contributed by atoms with Crippen LogP contribution in [0.15, 0.2) is 40.7 Å². The lowest BCUT2D eigenvalue weighted by Crippen LogP contribution is -2.23. The molecule has 0 aliphatic carbocycles. The molecule has 0 spiro atoms. The van der Waals surface area contributed by atoms with Crippen molar-refractivity contribution < 1.29 is 8.42 Å². The molecule has 0 aliphatic rings. The van der Waals surface area contributed by atoms with E-state index < -0.39 is 10.0 Å². The highest BCUT2D eigenvalue weighted by Gasteiger charge is 2.19. The Morgan fingerprint density at radius 3 is 2.82 bits per heavy atom. The van der Waals surface area contributed by atoms with E-state index in [4.69, 9.17) is 0 Å². The minimum absolute atomic E-state index is 0.124. The maximum atomic E-state index is 12.5. The largest absolute Gasteiger partial charge is 0.250 e. The molecule has 0 aliphatic heterocycles. The number of nitrogens with one attached hydrogen (secondary N) is 1. The Kier molecular flexibility index (Phi) is 3.98. The summed E-state index contributed by atoms with van der Waals surface area (Å²) >= 11 is 1.42. The third-order valence-corrected chi connectivity index (χ3v) is 5.82. The molecule has 0 unspecified atom stereocenters. The molecule has 1 aromatic carbocycles. The molecule has 3 rings (SSSR count). The number of benzene rings is 1. The van der Waals surface area contributed by atoms with Gasteiger partial charge in [-0.05, 0) is 19.9 Å². The number of sulfonamides is 1. The highest BCUT2D eigenvalue weighted by atomic mass is 32.2. The second-order valence-electron chi connectivity index (χ2n) is 5.20. The van der Waals surface area contributed by atoms with Crippen molar-refractivity contribution in [1.82, 2.24) is 19.7 Å². The average molecular weight is 336 g/mol. The average Bonchev–Trinajstić information content (AvgIpc) is 3.12. The van der Waals surface area contributed by atoms with E-state index in [0.717, 1.165) is 10.1 Å². The van der Waals surface area contributed by atoms with Crippen LogP contribution < -0.4 is 4.72 Å². The Morgan fingerprint density at radius 2 is 2.09 bits per heavy atom. The number of hydrogen-bond acceptors (Lipinski definition) is 5. The second-order valence-corrected chi connectivity index (χ2v) is 7.85. The number of hydrogen-bond donors (Lipinski definition) is 1. The van der Waals surface area contributed by atoms with E-state index in [1.807, 2.05) is 38.1 Å². The van der Waals surface area contributed by atoms with E-state index in [1.54, 1.807) is 16.3 Å². The smallest absolute Gasteiger partial charge is 0.242 e. The molecule has 22 heavy (non-hydrogen) atoms. The third-order valence-electron chi connectivity index (χ3n) is 3.27. The molecule has 0 saturated carbocycles. The maximum absolute atomic E-state index is 12.5. The molecule has 1 N–H and O–H groups in total. The molecule has 0 fully saturated rings. The summed E-state index contributed by atoms with van der Waals surface area (Å²) in [5.74, 6) is 0. The summed E-state index contributed by atoms with van der Waals surface area (Å²) in [4.78, 5) is 0.310. The molecule has 2 aromatic heterocycles. The van der Waals surface area contributed by atoms with Gasteiger partial charge in [0.15, 0.2) is 0 Å². The Hall–Kier alpha value is -1.77. The zero-order valence-corrected chi connectivity index (χ0v) is 13.9. The Bertz CT molecular complexity index is 896. The molecule has 0 atom stereocenters. The first-order valence-corrected chi connectivity index (χ1v) is 9.20. The van der Waals surface area contributed by atoms with Gasteiger partial charge in [-0.1, -0.05) is 23.4 Å². The molecule has 0 bridgehead atoms. The van der Waals surface area contributed by atoms with Crippen LogP contribution >= 0.6 is 11.3 Å². The van der Waals surface area contributed by atoms with Gasteiger partial charge >= 0.3 is 0 Å². The van der Waals surface area contributed by atoms with Gasteiger partial charge < -0.3 is 0 Å². The Labute approximate surface area is 132 Å². The molecule has 2 heterocycles. The first-order chi connectivity index (χ1) is 10.5. The van der Waals surface area contributed by atoms with Crippen molar-refractivity contribution in [2.24, 2.45) is 0 Å². The van der Waals surface area contributed by atoms with E-state index in [2.05, 4.69) is 15.0 Å². The van der Waals surface area contributed by atoms with Gasteiger partial charge in [0.25, 0.3) is 0 Å². The number of fused-ring (bicyclic) bond motifs is 1. The van der Waals surface area contributed by atoms with Gasteiger partial charge in [-0.2, -0.15) is 0 Å². The van der Waals surface area contributed by atoms with E-state index in [1.165, 1.54) is 11.3 Å². The molecule has 116 valence electrons. The summed E-state index contributed by atoms with van der Waals surface area (Å²) in [6, 6.07) is 7.65. The quantitative estimate of drug-likeness (QED) is 0.777. The van der Waals surface area contributed by atoms with Gasteiger partial charge in [0.05, 0.1) is 18.4 Å². The number of rotatable bonds is 5. The second kappa shape index (κ2) is 5.79. The molecule has 8 heteroatoms. The Balaban J connectivity index is 1.81. The minimum Gasteiger partial charge on any atom is -0.250 e. The van der Waals surface area contributed by atoms with Crippen LogP contribution in [0.4, 0.5) is 0 Å². The SMILES string of the molecule is CC(C)n1cc(CNS(=O)(=O)c2csc3ccccc23)nn1. The monoisotopic (exact) mass is 336 g/mol. The van der Waals surface area contributed by atoms with Crippen molar-refractivity contribution in [3.63, 3.8) is 0 Å². The van der Waals surface area contributed by atoms with Gasteiger partial charge in [-0.3, -0.25) is 0 Å². The van der Waals surface area contributed by atoms with Crippen LogP contribution in [0.2, 0.25) is 0 Å². The van der Waals surface area contributed by atoms with Gasteiger partial charge in [-0.25, -0.2) is 17.8 Å². The first-order valence-electron chi connectivity index (χ1n) is 6.84. The van der Waals surface area contributed by atoms with Crippen LogP contribution in [0.1, 0.15) is 25.6 Å². The summed E-state index contributed by atoms with van der Waals surface area (Å²) in [6.07, 6.45) is 1.75. The highest BCUT2D eigenvalue weighted by molar-refractivity contribution is 7.89. The minimum atomic E-state index is -3.57. The molecule has 0 amide bonds. The standard InChI is InChI=1S/C14H16N4O2S2/c1-10(2)18-8-11(16-17-18)7-15-22(19,20)14-9-21-13-6-4-3-5-12(13)14/h3-6,8-10,15H,7H2,1-2H3. The maximum Gasteiger partial charge on any atom is 0.242 e. The van der Waals surface area contributed by atoms with Crippen molar-refractivity contribution in [2.75, 3.05) is 0 Å². The van der Waals surface area contributed by atoms with Crippen LogP contribution in [-0.4, -0.2) is 23.4 Å². The van der Waals surface area contributed by atoms with Crippen LogP contribution in [0, 0.1) is 0 Å². The lowest BCUT2D eigenvalue weighted by atomic mass is 10.3. The van der Waals surface area contributed by atoms with E-state index in [0.29, 0.717) is 10.6 Å². The normalized spacial score (nSPS) is 12.3. The predicted molar refractivity (Wildman–Crippen MR) is 86.3 cm³/mol. The fraction of sp³-hybridized carbons (Fsp3) is 0.286. The van der Waals surface area contributed by atoms with Gasteiger partial charge in [0.1, 0.15) is 4.90 Å². The molecule has 0 radical (unpaired) electrons. The van der Waals surface area contributed by atoms with Crippen molar-refractivity contribution in [3.05, 3.63) is 41.5 Å². The number of aromatic nitrogens is 3. The summed E-state index contributed by atoms with van der Waals surface area (Å²) in [5, 5.41) is 10.3. The summed E-state index contributed by atoms with van der Waals surface area (Å²) in [7, 11) is -3.57. The van der Waals surface area contributed by atoms with Crippen molar-refractivity contribution >= 4 is 31.4 Å². The lowest BCUT2D eigenvalue weighted by molar-refractivity contribution is 0.514. The van der Waals surface area contributed by atoms with Gasteiger partial charge in [0, 0.05) is 21.5 Å². The van der Waals surface area contributed by atoms with Crippen molar-refractivity contribution in [1.29, 1.82) is 0 Å². The topological polar surface area (TPSA) is 76.9 Å². The molecule has 6 nitrogen and oxygen atoms in total. The van der Waals surface area contributed by atoms with E-state index in [-0.39, 0.29) is 12.6 Å². The van der Waals surface area contributed by atoms with Crippen LogP contribution in [-0.2, 0) is 16.6 Å². The molecule has 3 aromatic rings. The first kappa shape index (κ1) is 15.1. The third kappa shape index (κ3) is 2.90. The predicted octanol–water partition coefficient (Wildman–Crippen LogP) is 2.55. The zero-order valence-electron chi connectivity index (χ0n) is 12.2. The fourth-order valence-corrected chi connectivity index (χ4v) is 4.55. The van der Waals surface area contributed by atoms with Gasteiger partial charge in [-0.15, -0.1) is 16.4 Å². The summed E-state index contributed by atoms with van der Waals surface area (Å²) in [5.41, 5.74) is 0.594. The number of thiophene rings is 1. The highest BCUT2D eigenvalue weighted by Crippen LogP contribution is 2.29. The van der Waals surface area contributed by atoms with Gasteiger partial charge in [0.2, 0.25) is 10.0 Å². The Morgan fingerprint density at radius 1 is 1.32 bits per heavy atom. The summed E-state index contributed by atoms with van der Waals surface area (Å²) in [6.45, 7) is 4.10. The van der Waals surface area contributed by atoms with E-state index >= 15 is 0 Å². The molecular formula is C14H16N4O2S2. The molecule has 0 saturated heterocycles. The lowest BCUT2D eigenvalue weighted by Gasteiger charge is -2.04. The summed E-state index contributed by atoms with van der Waals surface area (Å²) < 4.78 is 30.2.